The van der Waals surface area contributed by atoms with Crippen LogP contribution in [0.3, 0.4) is 0 Å². The van der Waals surface area contributed by atoms with Crippen LogP contribution in [-0.4, -0.2) is 24.1 Å². The summed E-state index contributed by atoms with van der Waals surface area (Å²) >= 11 is 1.81. The standard InChI is InChI=1S/C57H35N5S/c1-3-15-36(16-4-1)39-31-40(57-59-55(37-17-5-2-6-18-37)58-56(60-57)38-27-30-54-48(34-38)46-22-10-14-26-53(46)63-54)33-42(32-39)62-51-25-13-9-21-45(51)47-35-41(28-29-52(47)62)61-49-23-11-7-19-43(49)44-20-8-12-24-50(44)61/h1-35H. The van der Waals surface area contributed by atoms with Crippen LogP contribution < -0.4 is 0 Å². The summed E-state index contributed by atoms with van der Waals surface area (Å²) in [6.07, 6.45) is 0. The van der Waals surface area contributed by atoms with Gasteiger partial charge < -0.3 is 9.13 Å². The van der Waals surface area contributed by atoms with Crippen molar-refractivity contribution in [3.8, 4) is 56.7 Å². The van der Waals surface area contributed by atoms with Crippen LogP contribution in [0.1, 0.15) is 0 Å². The maximum absolute atomic E-state index is 5.31. The molecule has 5 nitrogen and oxygen atoms in total. The fourth-order valence-corrected chi connectivity index (χ4v) is 10.5. The fraction of sp³-hybridized carbons (Fsp3) is 0. The molecule has 0 aliphatic rings. The molecule has 0 saturated heterocycles. The van der Waals surface area contributed by atoms with Crippen LogP contribution in [0.4, 0.5) is 0 Å². The van der Waals surface area contributed by atoms with Crippen LogP contribution in [0.5, 0.6) is 0 Å². The van der Waals surface area contributed by atoms with E-state index >= 15 is 0 Å². The average Bonchev–Trinajstić information content (AvgIpc) is 4.01. The van der Waals surface area contributed by atoms with Gasteiger partial charge in [-0.25, -0.2) is 15.0 Å². The summed E-state index contributed by atoms with van der Waals surface area (Å²) in [5.74, 6) is 1.88. The summed E-state index contributed by atoms with van der Waals surface area (Å²) in [4.78, 5) is 15.7. The largest absolute Gasteiger partial charge is 0.309 e. The fourth-order valence-electron chi connectivity index (χ4n) is 9.46. The molecule has 4 aromatic heterocycles. The second kappa shape index (κ2) is 14.2. The first kappa shape index (κ1) is 35.6. The van der Waals surface area contributed by atoms with Crippen molar-refractivity contribution in [2.45, 2.75) is 0 Å². The lowest BCUT2D eigenvalue weighted by molar-refractivity contribution is 1.07. The Morgan fingerprint density at radius 1 is 0.270 bits per heavy atom. The molecule has 0 saturated carbocycles. The lowest BCUT2D eigenvalue weighted by Gasteiger charge is -2.15. The Morgan fingerprint density at radius 2 is 0.762 bits per heavy atom. The van der Waals surface area contributed by atoms with E-state index < -0.39 is 0 Å². The highest BCUT2D eigenvalue weighted by Crippen LogP contribution is 2.40. The van der Waals surface area contributed by atoms with Crippen molar-refractivity contribution < 1.29 is 0 Å². The van der Waals surface area contributed by atoms with Gasteiger partial charge in [0.15, 0.2) is 17.5 Å². The third-order valence-electron chi connectivity index (χ3n) is 12.3. The van der Waals surface area contributed by atoms with Gasteiger partial charge in [-0.15, -0.1) is 11.3 Å². The lowest BCUT2D eigenvalue weighted by Crippen LogP contribution is -2.02. The molecular formula is C57H35N5S. The average molecular weight is 822 g/mol. The summed E-state index contributed by atoms with van der Waals surface area (Å²) in [5, 5.41) is 7.31. The van der Waals surface area contributed by atoms with Crippen molar-refractivity contribution in [3.63, 3.8) is 0 Å². The summed E-state index contributed by atoms with van der Waals surface area (Å²) in [5.41, 5.74) is 11.8. The summed E-state index contributed by atoms with van der Waals surface area (Å²) in [7, 11) is 0. The normalized spacial score (nSPS) is 11.8. The minimum absolute atomic E-state index is 0.613. The molecule has 0 aliphatic carbocycles. The third-order valence-corrected chi connectivity index (χ3v) is 13.5. The smallest absolute Gasteiger partial charge is 0.164 e. The van der Waals surface area contributed by atoms with E-state index in [1.807, 2.05) is 29.5 Å². The molecule has 9 aromatic carbocycles. The van der Waals surface area contributed by atoms with E-state index in [1.165, 1.54) is 52.8 Å². The van der Waals surface area contributed by atoms with Gasteiger partial charge in [0.1, 0.15) is 0 Å². The van der Waals surface area contributed by atoms with Crippen molar-refractivity contribution in [1.82, 2.24) is 24.1 Å². The highest BCUT2D eigenvalue weighted by atomic mass is 32.1. The van der Waals surface area contributed by atoms with Gasteiger partial charge in [-0.3, -0.25) is 0 Å². The van der Waals surface area contributed by atoms with Crippen molar-refractivity contribution in [2.75, 3.05) is 0 Å². The van der Waals surface area contributed by atoms with Crippen LogP contribution in [0.15, 0.2) is 212 Å². The van der Waals surface area contributed by atoms with Gasteiger partial charge in [0.05, 0.1) is 22.1 Å². The third kappa shape index (κ3) is 5.80. The number of nitrogens with zero attached hydrogens (tertiary/aromatic N) is 5. The predicted molar refractivity (Wildman–Crippen MR) is 263 cm³/mol. The number of aromatic nitrogens is 5. The first-order valence-corrected chi connectivity index (χ1v) is 22.0. The van der Waals surface area contributed by atoms with Crippen molar-refractivity contribution >= 4 is 75.1 Å². The first-order valence-electron chi connectivity index (χ1n) is 21.2. The Hall–Kier alpha value is -8.19. The maximum atomic E-state index is 5.31. The Morgan fingerprint density at radius 3 is 1.44 bits per heavy atom. The number of rotatable bonds is 6. The molecule has 294 valence electrons. The predicted octanol–water partition coefficient (Wildman–Crippen LogP) is 15.1. The highest BCUT2D eigenvalue weighted by Gasteiger charge is 2.20. The van der Waals surface area contributed by atoms with Crippen LogP contribution in [-0.2, 0) is 0 Å². The van der Waals surface area contributed by atoms with E-state index in [1.54, 1.807) is 0 Å². The van der Waals surface area contributed by atoms with Crippen molar-refractivity contribution in [1.29, 1.82) is 0 Å². The number of benzene rings is 9. The molecule has 13 aromatic rings. The molecule has 0 bridgehead atoms. The molecule has 4 heterocycles. The number of para-hydroxylation sites is 3. The van der Waals surface area contributed by atoms with Gasteiger partial charge in [-0.2, -0.15) is 0 Å². The number of fused-ring (bicyclic) bond motifs is 9. The zero-order valence-corrected chi connectivity index (χ0v) is 34.7. The molecule has 13 rings (SSSR count). The summed E-state index contributed by atoms with van der Waals surface area (Å²) in [6, 6.07) is 75.7. The molecule has 63 heavy (non-hydrogen) atoms. The number of thiophene rings is 1. The van der Waals surface area contributed by atoms with Gasteiger partial charge in [0.25, 0.3) is 0 Å². The van der Waals surface area contributed by atoms with Crippen LogP contribution >= 0.6 is 11.3 Å². The number of hydrogen-bond donors (Lipinski definition) is 0. The second-order valence-electron chi connectivity index (χ2n) is 16.0. The van der Waals surface area contributed by atoms with Crippen LogP contribution in [0, 0.1) is 0 Å². The highest BCUT2D eigenvalue weighted by molar-refractivity contribution is 7.25. The maximum Gasteiger partial charge on any atom is 0.164 e. The monoisotopic (exact) mass is 821 g/mol. The zero-order chi connectivity index (χ0) is 41.4. The molecular weight excluding hydrogens is 787 g/mol. The van der Waals surface area contributed by atoms with Gasteiger partial charge in [-0.05, 0) is 90.0 Å². The van der Waals surface area contributed by atoms with Crippen LogP contribution in [0.25, 0.3) is 120 Å². The van der Waals surface area contributed by atoms with Gasteiger partial charge in [0.2, 0.25) is 0 Å². The minimum Gasteiger partial charge on any atom is -0.309 e. The molecule has 0 aliphatic heterocycles. The molecule has 0 fully saturated rings. The molecule has 0 amide bonds. The Balaban J connectivity index is 1.04. The first-order chi connectivity index (χ1) is 31.2. The molecule has 0 radical (unpaired) electrons. The molecule has 0 spiro atoms. The topological polar surface area (TPSA) is 48.5 Å². The zero-order valence-electron chi connectivity index (χ0n) is 33.9. The molecule has 6 heteroatoms. The molecule has 0 atom stereocenters. The Bertz CT molecular complexity index is 3860. The van der Waals surface area contributed by atoms with E-state index in [-0.39, 0.29) is 0 Å². The van der Waals surface area contributed by atoms with E-state index in [0.29, 0.717) is 17.5 Å². The van der Waals surface area contributed by atoms with Crippen molar-refractivity contribution in [3.05, 3.63) is 212 Å². The van der Waals surface area contributed by atoms with E-state index in [2.05, 4.69) is 203 Å². The Labute approximate surface area is 366 Å². The minimum atomic E-state index is 0.613. The van der Waals surface area contributed by atoms with E-state index in [0.717, 1.165) is 50.2 Å². The van der Waals surface area contributed by atoms with Crippen LogP contribution in [0.2, 0.25) is 0 Å². The molecule has 0 unspecified atom stereocenters. The summed E-state index contributed by atoms with van der Waals surface area (Å²) in [6.45, 7) is 0. The quantitative estimate of drug-likeness (QED) is 0.168. The molecule has 0 N–H and O–H groups in total. The van der Waals surface area contributed by atoms with E-state index in [4.69, 9.17) is 15.0 Å². The number of hydrogen-bond acceptors (Lipinski definition) is 4. The van der Waals surface area contributed by atoms with Gasteiger partial charge in [0, 0.05) is 69.8 Å². The Kier molecular flexibility index (Phi) is 8.01. The van der Waals surface area contributed by atoms with Crippen molar-refractivity contribution in [2.24, 2.45) is 0 Å². The SMILES string of the molecule is c1ccc(-c2cc(-c3nc(-c4ccccc4)nc(-c4ccc5sc6ccccc6c5c4)n3)cc(-n3c4ccccc4c4cc(-n5c6ccccc6c6ccccc65)ccc43)c2)cc1. The summed E-state index contributed by atoms with van der Waals surface area (Å²) < 4.78 is 7.30. The van der Waals surface area contributed by atoms with E-state index in [9.17, 15) is 0 Å². The van der Waals surface area contributed by atoms with Gasteiger partial charge >= 0.3 is 0 Å². The van der Waals surface area contributed by atoms with Gasteiger partial charge in [-0.1, -0.05) is 133 Å². The second-order valence-corrected chi connectivity index (χ2v) is 17.1. The lowest BCUT2D eigenvalue weighted by atomic mass is 10.0.